The molecule has 3 aromatic rings. The van der Waals surface area contributed by atoms with E-state index in [1.54, 1.807) is 44.2 Å². The minimum absolute atomic E-state index is 0.187. The lowest BCUT2D eigenvalue weighted by molar-refractivity contribution is 0.102. The van der Waals surface area contributed by atoms with E-state index in [9.17, 15) is 4.79 Å². The SMILES string of the molecule is COc1cccc(OCc2cc(C(=O)Nc3cccc(SC)c3)ccc2OC)c1. The molecule has 0 fully saturated rings. The number of hydrogen-bond acceptors (Lipinski definition) is 5. The molecule has 29 heavy (non-hydrogen) atoms. The van der Waals surface area contributed by atoms with Crippen LogP contribution in [0.4, 0.5) is 5.69 Å². The van der Waals surface area contributed by atoms with Gasteiger partial charge in [-0.2, -0.15) is 0 Å². The Labute approximate surface area is 175 Å². The predicted molar refractivity (Wildman–Crippen MR) is 116 cm³/mol. The number of ether oxygens (including phenoxy) is 3. The summed E-state index contributed by atoms with van der Waals surface area (Å²) in [5.74, 6) is 1.87. The van der Waals surface area contributed by atoms with E-state index < -0.39 is 0 Å². The molecule has 0 heterocycles. The maximum atomic E-state index is 12.7. The van der Waals surface area contributed by atoms with E-state index in [0.717, 1.165) is 21.9 Å². The third-order valence-corrected chi connectivity index (χ3v) is 5.03. The van der Waals surface area contributed by atoms with Gasteiger partial charge < -0.3 is 19.5 Å². The van der Waals surface area contributed by atoms with E-state index in [4.69, 9.17) is 14.2 Å². The van der Waals surface area contributed by atoms with Gasteiger partial charge in [-0.1, -0.05) is 12.1 Å². The fraction of sp³-hybridized carbons (Fsp3) is 0.174. The maximum absolute atomic E-state index is 12.7. The van der Waals surface area contributed by atoms with Crippen molar-refractivity contribution in [2.75, 3.05) is 25.8 Å². The van der Waals surface area contributed by atoms with Crippen LogP contribution in [0.25, 0.3) is 0 Å². The molecular weight excluding hydrogens is 386 g/mol. The summed E-state index contributed by atoms with van der Waals surface area (Å²) >= 11 is 1.63. The fourth-order valence-corrected chi connectivity index (χ4v) is 3.25. The highest BCUT2D eigenvalue weighted by molar-refractivity contribution is 7.98. The summed E-state index contributed by atoms with van der Waals surface area (Å²) in [7, 11) is 3.21. The van der Waals surface area contributed by atoms with Gasteiger partial charge in [0.25, 0.3) is 5.91 Å². The van der Waals surface area contributed by atoms with Crippen molar-refractivity contribution in [1.82, 2.24) is 0 Å². The number of carbonyl (C=O) groups excluding carboxylic acids is 1. The average Bonchev–Trinajstić information content (AvgIpc) is 2.77. The molecule has 3 rings (SSSR count). The summed E-state index contributed by atoms with van der Waals surface area (Å²) in [4.78, 5) is 13.8. The van der Waals surface area contributed by atoms with Crippen LogP contribution in [0.1, 0.15) is 15.9 Å². The Morgan fingerprint density at radius 2 is 1.72 bits per heavy atom. The standard InChI is InChI=1S/C23H23NO4S/c1-26-19-7-5-8-20(14-19)28-15-17-12-16(10-11-22(17)27-2)23(25)24-18-6-4-9-21(13-18)29-3/h4-14H,15H2,1-3H3,(H,24,25). The number of benzene rings is 3. The van der Waals surface area contributed by atoms with Crippen molar-refractivity contribution in [2.24, 2.45) is 0 Å². The van der Waals surface area contributed by atoms with Crippen LogP contribution < -0.4 is 19.5 Å². The normalized spacial score (nSPS) is 10.3. The number of carbonyl (C=O) groups is 1. The fourth-order valence-electron chi connectivity index (χ4n) is 2.79. The Kier molecular flexibility index (Phi) is 7.03. The van der Waals surface area contributed by atoms with Crippen molar-refractivity contribution in [3.8, 4) is 17.2 Å². The lowest BCUT2D eigenvalue weighted by Gasteiger charge is -2.13. The van der Waals surface area contributed by atoms with Gasteiger partial charge in [-0.15, -0.1) is 11.8 Å². The Morgan fingerprint density at radius 1 is 0.931 bits per heavy atom. The molecule has 0 saturated heterocycles. The van der Waals surface area contributed by atoms with Crippen LogP contribution in [0.2, 0.25) is 0 Å². The third kappa shape index (κ3) is 5.45. The minimum atomic E-state index is -0.187. The molecule has 150 valence electrons. The number of thioether (sulfide) groups is 1. The number of methoxy groups -OCH3 is 2. The number of nitrogens with one attached hydrogen (secondary N) is 1. The molecule has 0 atom stereocenters. The van der Waals surface area contributed by atoms with Crippen molar-refractivity contribution in [3.05, 3.63) is 77.9 Å². The second-order valence-corrected chi connectivity index (χ2v) is 7.06. The van der Waals surface area contributed by atoms with Gasteiger partial charge in [0.15, 0.2) is 0 Å². The zero-order valence-electron chi connectivity index (χ0n) is 16.6. The van der Waals surface area contributed by atoms with Crippen molar-refractivity contribution in [2.45, 2.75) is 11.5 Å². The average molecular weight is 410 g/mol. The molecule has 0 aliphatic heterocycles. The molecule has 0 radical (unpaired) electrons. The molecule has 1 N–H and O–H groups in total. The first-order chi connectivity index (χ1) is 14.1. The zero-order chi connectivity index (χ0) is 20.6. The van der Waals surface area contributed by atoms with E-state index in [1.165, 1.54) is 0 Å². The summed E-state index contributed by atoms with van der Waals surface area (Å²) in [5.41, 5.74) is 2.07. The van der Waals surface area contributed by atoms with Crippen molar-refractivity contribution in [1.29, 1.82) is 0 Å². The van der Waals surface area contributed by atoms with Crippen LogP contribution in [0.5, 0.6) is 17.2 Å². The van der Waals surface area contributed by atoms with E-state index in [-0.39, 0.29) is 12.5 Å². The summed E-state index contributed by atoms with van der Waals surface area (Å²) in [6.45, 7) is 0.263. The molecule has 0 saturated carbocycles. The molecule has 1 amide bonds. The molecule has 5 nitrogen and oxygen atoms in total. The molecule has 0 aliphatic carbocycles. The maximum Gasteiger partial charge on any atom is 0.255 e. The third-order valence-electron chi connectivity index (χ3n) is 4.31. The van der Waals surface area contributed by atoms with E-state index >= 15 is 0 Å². The monoisotopic (exact) mass is 409 g/mol. The number of rotatable bonds is 8. The van der Waals surface area contributed by atoms with Gasteiger partial charge in [-0.3, -0.25) is 4.79 Å². The van der Waals surface area contributed by atoms with E-state index in [0.29, 0.717) is 17.1 Å². The van der Waals surface area contributed by atoms with Crippen molar-refractivity contribution in [3.63, 3.8) is 0 Å². The van der Waals surface area contributed by atoms with Crippen molar-refractivity contribution < 1.29 is 19.0 Å². The highest BCUT2D eigenvalue weighted by Gasteiger charge is 2.12. The number of anilines is 1. The first-order valence-corrected chi connectivity index (χ1v) is 10.2. The minimum Gasteiger partial charge on any atom is -0.497 e. The van der Waals surface area contributed by atoms with Crippen LogP contribution in [-0.2, 0) is 6.61 Å². The predicted octanol–water partition coefficient (Wildman–Crippen LogP) is 5.26. The van der Waals surface area contributed by atoms with E-state index in [1.807, 2.05) is 54.8 Å². The zero-order valence-corrected chi connectivity index (χ0v) is 17.4. The largest absolute Gasteiger partial charge is 0.497 e. The number of amides is 1. The van der Waals surface area contributed by atoms with Gasteiger partial charge in [0.05, 0.1) is 14.2 Å². The second kappa shape index (κ2) is 9.89. The highest BCUT2D eigenvalue weighted by Crippen LogP contribution is 2.25. The molecule has 0 spiro atoms. The van der Waals surface area contributed by atoms with Gasteiger partial charge in [-0.05, 0) is 54.8 Å². The first-order valence-electron chi connectivity index (χ1n) is 9.02. The lowest BCUT2D eigenvalue weighted by Crippen LogP contribution is -2.13. The van der Waals surface area contributed by atoms with Gasteiger partial charge in [0, 0.05) is 27.8 Å². The lowest BCUT2D eigenvalue weighted by atomic mass is 10.1. The molecule has 0 unspecified atom stereocenters. The van der Waals surface area contributed by atoms with Gasteiger partial charge in [0.2, 0.25) is 0 Å². The Balaban J connectivity index is 1.75. The highest BCUT2D eigenvalue weighted by atomic mass is 32.2. The van der Waals surface area contributed by atoms with Crippen LogP contribution in [0.3, 0.4) is 0 Å². The number of hydrogen-bond donors (Lipinski definition) is 1. The molecular formula is C23H23NO4S. The van der Waals surface area contributed by atoms with E-state index in [2.05, 4.69) is 5.32 Å². The summed E-state index contributed by atoms with van der Waals surface area (Å²) < 4.78 is 16.5. The molecule has 3 aromatic carbocycles. The summed E-state index contributed by atoms with van der Waals surface area (Å²) in [6.07, 6.45) is 2.00. The van der Waals surface area contributed by atoms with Crippen molar-refractivity contribution >= 4 is 23.4 Å². The van der Waals surface area contributed by atoms with Crippen LogP contribution in [-0.4, -0.2) is 26.4 Å². The molecule has 0 bridgehead atoms. The van der Waals surface area contributed by atoms with Gasteiger partial charge >= 0.3 is 0 Å². The first kappa shape index (κ1) is 20.6. The van der Waals surface area contributed by atoms with Gasteiger partial charge in [-0.25, -0.2) is 0 Å². The Bertz CT molecular complexity index is 990. The second-order valence-electron chi connectivity index (χ2n) is 6.18. The smallest absolute Gasteiger partial charge is 0.255 e. The molecule has 6 heteroatoms. The summed E-state index contributed by atoms with van der Waals surface area (Å²) in [6, 6.07) is 20.4. The van der Waals surface area contributed by atoms with Crippen LogP contribution in [0.15, 0.2) is 71.6 Å². The van der Waals surface area contributed by atoms with Crippen LogP contribution in [0, 0.1) is 0 Å². The van der Waals surface area contributed by atoms with Crippen LogP contribution >= 0.6 is 11.8 Å². The Morgan fingerprint density at radius 3 is 2.48 bits per heavy atom. The molecule has 0 aromatic heterocycles. The quantitative estimate of drug-likeness (QED) is 0.515. The van der Waals surface area contributed by atoms with Gasteiger partial charge in [0.1, 0.15) is 23.9 Å². The Hall–Kier alpha value is -3.12. The summed E-state index contributed by atoms with van der Waals surface area (Å²) in [5, 5.41) is 2.94. The topological polar surface area (TPSA) is 56.8 Å². The molecule has 0 aliphatic rings.